The maximum absolute atomic E-state index is 12.3. The number of nitrogens with one attached hydrogen (secondary N) is 1. The molecule has 0 saturated carbocycles. The number of aryl methyl sites for hydroxylation is 1. The average molecular weight is 390 g/mol. The van der Waals surface area contributed by atoms with E-state index < -0.39 is 0 Å². The van der Waals surface area contributed by atoms with Crippen LogP contribution in [0.5, 0.6) is 0 Å². The number of furan rings is 2. The van der Waals surface area contributed by atoms with Gasteiger partial charge in [0.15, 0.2) is 0 Å². The predicted octanol–water partition coefficient (Wildman–Crippen LogP) is 3.05. The molecule has 1 saturated heterocycles. The van der Waals surface area contributed by atoms with Gasteiger partial charge in [0.05, 0.1) is 18.2 Å². The van der Waals surface area contributed by atoms with Crippen LogP contribution in [-0.2, 0) is 6.54 Å². The van der Waals surface area contributed by atoms with E-state index in [9.17, 15) is 4.79 Å². The fourth-order valence-corrected chi connectivity index (χ4v) is 2.99. The first-order valence-corrected chi connectivity index (χ1v) is 8.03. The molecule has 2 aromatic rings. The summed E-state index contributed by atoms with van der Waals surface area (Å²) >= 11 is 0. The number of nitrogens with zero attached hydrogens (tertiary/aromatic N) is 1. The molecule has 140 valence electrons. The van der Waals surface area contributed by atoms with Crippen molar-refractivity contribution in [2.75, 3.05) is 19.6 Å². The number of hydrogen-bond donors (Lipinski definition) is 2. The normalized spacial score (nSPS) is 15.3. The summed E-state index contributed by atoms with van der Waals surface area (Å²) < 4.78 is 11.0. The molecule has 0 bridgehead atoms. The molecule has 0 aliphatic carbocycles. The minimum atomic E-state index is -0.152. The van der Waals surface area contributed by atoms with E-state index in [0.717, 1.165) is 24.6 Å². The monoisotopic (exact) mass is 389 g/mol. The molecule has 8 heteroatoms. The fraction of sp³-hybridized carbons (Fsp3) is 0.471. The van der Waals surface area contributed by atoms with E-state index in [1.165, 1.54) is 19.1 Å². The van der Waals surface area contributed by atoms with E-state index in [1.807, 2.05) is 19.1 Å². The highest BCUT2D eigenvalue weighted by atomic mass is 35.5. The molecular weight excluding hydrogens is 365 g/mol. The molecule has 1 aliphatic heterocycles. The van der Waals surface area contributed by atoms with Crippen LogP contribution in [0.25, 0.3) is 0 Å². The van der Waals surface area contributed by atoms with Crippen LogP contribution in [0, 0.1) is 6.92 Å². The Bertz CT molecular complexity index is 666. The zero-order valence-corrected chi connectivity index (χ0v) is 15.8. The van der Waals surface area contributed by atoms with Crippen molar-refractivity contribution in [3.63, 3.8) is 0 Å². The number of amides is 1. The highest BCUT2D eigenvalue weighted by Crippen LogP contribution is 2.26. The van der Waals surface area contributed by atoms with Crippen molar-refractivity contribution in [1.29, 1.82) is 0 Å². The molecule has 0 aromatic carbocycles. The van der Waals surface area contributed by atoms with Gasteiger partial charge >= 0.3 is 0 Å². The number of carbonyl (C=O) groups is 1. The van der Waals surface area contributed by atoms with Gasteiger partial charge in [-0.1, -0.05) is 0 Å². The van der Waals surface area contributed by atoms with Crippen LogP contribution in [-0.4, -0.2) is 30.4 Å². The van der Waals surface area contributed by atoms with Gasteiger partial charge in [0, 0.05) is 6.54 Å². The lowest BCUT2D eigenvalue weighted by atomic mass is 10.2. The Morgan fingerprint density at radius 1 is 1.32 bits per heavy atom. The van der Waals surface area contributed by atoms with Crippen molar-refractivity contribution in [3.8, 4) is 0 Å². The van der Waals surface area contributed by atoms with Crippen LogP contribution in [0.4, 0.5) is 0 Å². The molecule has 2 aromatic heterocycles. The van der Waals surface area contributed by atoms with Crippen molar-refractivity contribution in [2.45, 2.75) is 32.4 Å². The average Bonchev–Trinajstić information content (AvgIpc) is 3.29. The van der Waals surface area contributed by atoms with Gasteiger partial charge in [0.25, 0.3) is 5.91 Å². The third-order valence-corrected chi connectivity index (χ3v) is 4.24. The standard InChI is InChI=1S/C17H23N3O3.2ClH/c1-12-4-5-16(23-12)15(20-6-2-3-7-20)10-19-17(21)13-8-14(9-18)22-11-13;;/h4-5,8,11,15H,2-3,6-7,9-10,18H2,1H3,(H,19,21);2*1H. The highest BCUT2D eigenvalue weighted by molar-refractivity contribution is 5.94. The molecule has 3 heterocycles. The lowest BCUT2D eigenvalue weighted by molar-refractivity contribution is 0.0933. The molecule has 1 amide bonds. The van der Waals surface area contributed by atoms with Gasteiger partial charge in [-0.05, 0) is 51.1 Å². The molecule has 0 spiro atoms. The Hall–Kier alpha value is -1.47. The van der Waals surface area contributed by atoms with Crippen LogP contribution >= 0.6 is 24.8 Å². The highest BCUT2D eigenvalue weighted by Gasteiger charge is 2.26. The fourth-order valence-electron chi connectivity index (χ4n) is 2.99. The molecule has 3 rings (SSSR count). The van der Waals surface area contributed by atoms with E-state index >= 15 is 0 Å². The molecule has 25 heavy (non-hydrogen) atoms. The van der Waals surface area contributed by atoms with Gasteiger partial charge in [0.1, 0.15) is 23.5 Å². The number of hydrogen-bond acceptors (Lipinski definition) is 5. The van der Waals surface area contributed by atoms with E-state index in [2.05, 4.69) is 10.2 Å². The Morgan fingerprint density at radius 2 is 2.04 bits per heavy atom. The SMILES string of the molecule is Cc1ccc(C(CNC(=O)c2coc(CN)c2)N2CCCC2)o1.Cl.Cl. The summed E-state index contributed by atoms with van der Waals surface area (Å²) in [7, 11) is 0. The van der Waals surface area contributed by atoms with Gasteiger partial charge in [-0.2, -0.15) is 0 Å². The Morgan fingerprint density at radius 3 is 2.60 bits per heavy atom. The molecule has 6 nitrogen and oxygen atoms in total. The first-order chi connectivity index (χ1) is 11.2. The summed E-state index contributed by atoms with van der Waals surface area (Å²) in [6.45, 7) is 4.79. The van der Waals surface area contributed by atoms with Gasteiger partial charge in [0.2, 0.25) is 0 Å². The molecular formula is C17H25Cl2N3O3. The second-order valence-electron chi connectivity index (χ2n) is 5.92. The summed E-state index contributed by atoms with van der Waals surface area (Å²) in [6, 6.07) is 5.70. The Kier molecular flexibility index (Phi) is 8.52. The molecule has 1 atom stereocenters. The van der Waals surface area contributed by atoms with E-state index in [1.54, 1.807) is 6.07 Å². The lowest BCUT2D eigenvalue weighted by Crippen LogP contribution is -2.36. The predicted molar refractivity (Wildman–Crippen MR) is 100 cm³/mol. The van der Waals surface area contributed by atoms with Crippen molar-refractivity contribution >= 4 is 30.7 Å². The van der Waals surface area contributed by atoms with Crippen molar-refractivity contribution in [2.24, 2.45) is 5.73 Å². The van der Waals surface area contributed by atoms with Crippen LogP contribution in [0.2, 0.25) is 0 Å². The van der Waals surface area contributed by atoms with Gasteiger partial charge in [-0.25, -0.2) is 0 Å². The number of carbonyl (C=O) groups excluding carboxylic acids is 1. The van der Waals surface area contributed by atoms with Crippen LogP contribution < -0.4 is 11.1 Å². The second-order valence-corrected chi connectivity index (χ2v) is 5.92. The maximum atomic E-state index is 12.3. The zero-order chi connectivity index (χ0) is 16.2. The summed E-state index contributed by atoms with van der Waals surface area (Å²) in [5.41, 5.74) is 6.00. The largest absolute Gasteiger partial charge is 0.467 e. The number of nitrogens with two attached hydrogens (primary N) is 1. The van der Waals surface area contributed by atoms with Gasteiger partial charge in [-0.15, -0.1) is 24.8 Å². The maximum Gasteiger partial charge on any atom is 0.254 e. The molecule has 1 unspecified atom stereocenters. The smallest absolute Gasteiger partial charge is 0.254 e. The first-order valence-electron chi connectivity index (χ1n) is 8.03. The zero-order valence-electron chi connectivity index (χ0n) is 14.2. The van der Waals surface area contributed by atoms with Crippen LogP contribution in [0.1, 0.15) is 46.5 Å². The van der Waals surface area contributed by atoms with Gasteiger partial charge < -0.3 is 19.9 Å². The second kappa shape index (κ2) is 9.87. The number of halogens is 2. The van der Waals surface area contributed by atoms with E-state index in [-0.39, 0.29) is 43.3 Å². The third kappa shape index (κ3) is 5.25. The minimum absolute atomic E-state index is 0. The summed E-state index contributed by atoms with van der Waals surface area (Å²) in [5.74, 6) is 2.24. The quantitative estimate of drug-likeness (QED) is 0.792. The molecule has 0 radical (unpaired) electrons. The minimum Gasteiger partial charge on any atom is -0.467 e. The summed E-state index contributed by atoms with van der Waals surface area (Å²) in [5, 5.41) is 2.98. The Balaban J connectivity index is 0.00000156. The molecule has 3 N–H and O–H groups in total. The first kappa shape index (κ1) is 21.6. The van der Waals surface area contributed by atoms with Crippen molar-refractivity contribution < 1.29 is 13.6 Å². The number of rotatable bonds is 6. The summed E-state index contributed by atoms with van der Waals surface area (Å²) in [6.07, 6.45) is 3.82. The number of likely N-dealkylation sites (tertiary alicyclic amines) is 1. The topological polar surface area (TPSA) is 84.6 Å². The van der Waals surface area contributed by atoms with Gasteiger partial charge in [-0.3, -0.25) is 9.69 Å². The third-order valence-electron chi connectivity index (χ3n) is 4.24. The molecule has 1 fully saturated rings. The van der Waals surface area contributed by atoms with Crippen LogP contribution in [0.3, 0.4) is 0 Å². The summed E-state index contributed by atoms with van der Waals surface area (Å²) in [4.78, 5) is 14.6. The Labute approximate surface area is 159 Å². The van der Waals surface area contributed by atoms with Crippen molar-refractivity contribution in [1.82, 2.24) is 10.2 Å². The van der Waals surface area contributed by atoms with E-state index in [0.29, 0.717) is 17.9 Å². The van der Waals surface area contributed by atoms with E-state index in [4.69, 9.17) is 14.6 Å². The lowest BCUT2D eigenvalue weighted by Gasteiger charge is -2.26. The van der Waals surface area contributed by atoms with Crippen molar-refractivity contribution in [3.05, 3.63) is 47.3 Å². The molecule has 1 aliphatic rings. The van der Waals surface area contributed by atoms with Crippen LogP contribution in [0.15, 0.2) is 33.3 Å².